The Morgan fingerprint density at radius 3 is 2.76 bits per heavy atom. The summed E-state index contributed by atoms with van der Waals surface area (Å²) < 4.78 is 19.7. The van der Waals surface area contributed by atoms with Gasteiger partial charge in [0.1, 0.15) is 28.6 Å². The molecular weight excluding hydrogens is 399 g/mol. The Hall–Kier alpha value is -3.00. The molecular formula is C20H16ClFN4O3. The molecule has 0 unspecified atom stereocenters. The van der Waals surface area contributed by atoms with E-state index in [9.17, 15) is 14.0 Å². The van der Waals surface area contributed by atoms with E-state index in [2.05, 4.69) is 15.3 Å². The van der Waals surface area contributed by atoms with E-state index in [-0.39, 0.29) is 16.5 Å². The normalized spacial score (nSPS) is 18.8. The van der Waals surface area contributed by atoms with Crippen LogP contribution in [-0.2, 0) is 22.6 Å². The van der Waals surface area contributed by atoms with Gasteiger partial charge in [-0.2, -0.15) is 0 Å². The van der Waals surface area contributed by atoms with Gasteiger partial charge in [0.15, 0.2) is 0 Å². The number of amides is 2. The van der Waals surface area contributed by atoms with Gasteiger partial charge in [-0.15, -0.1) is 0 Å². The van der Waals surface area contributed by atoms with E-state index in [4.69, 9.17) is 16.3 Å². The topological polar surface area (TPSA) is 84.4 Å². The molecule has 3 aliphatic rings. The third-order valence-electron chi connectivity index (χ3n) is 5.33. The van der Waals surface area contributed by atoms with Gasteiger partial charge >= 0.3 is 0 Å². The molecule has 148 valence electrons. The first-order valence-electron chi connectivity index (χ1n) is 9.31. The zero-order valence-corrected chi connectivity index (χ0v) is 16.0. The molecule has 1 aromatic carbocycles. The number of hydrogen-bond donors (Lipinski definition) is 1. The van der Waals surface area contributed by atoms with Crippen molar-refractivity contribution in [3.05, 3.63) is 57.9 Å². The van der Waals surface area contributed by atoms with Crippen LogP contribution in [0.5, 0.6) is 11.6 Å². The van der Waals surface area contributed by atoms with E-state index in [1.807, 2.05) is 0 Å². The van der Waals surface area contributed by atoms with Crippen molar-refractivity contribution in [1.82, 2.24) is 20.2 Å². The number of rotatable bonds is 4. The molecule has 0 spiro atoms. The van der Waals surface area contributed by atoms with Gasteiger partial charge in [0.25, 0.3) is 11.8 Å². The summed E-state index contributed by atoms with van der Waals surface area (Å²) in [5.41, 5.74) is 2.54. The molecule has 3 heterocycles. The van der Waals surface area contributed by atoms with Gasteiger partial charge in [-0.25, -0.2) is 14.4 Å². The van der Waals surface area contributed by atoms with E-state index < -0.39 is 11.8 Å². The lowest BCUT2D eigenvalue weighted by molar-refractivity contribution is -0.124. The summed E-state index contributed by atoms with van der Waals surface area (Å²) in [6.07, 6.45) is 3.95. The Kier molecular flexibility index (Phi) is 4.24. The lowest BCUT2D eigenvalue weighted by atomic mass is 10.1. The summed E-state index contributed by atoms with van der Waals surface area (Å²) >= 11 is 6.01. The van der Waals surface area contributed by atoms with E-state index in [0.29, 0.717) is 42.8 Å². The van der Waals surface area contributed by atoms with Gasteiger partial charge in [-0.05, 0) is 43.4 Å². The molecule has 2 amide bonds. The first-order valence-corrected chi connectivity index (χ1v) is 9.69. The molecule has 2 aliphatic heterocycles. The Morgan fingerprint density at radius 1 is 1.21 bits per heavy atom. The molecule has 5 rings (SSSR count). The van der Waals surface area contributed by atoms with Gasteiger partial charge < -0.3 is 9.64 Å². The van der Waals surface area contributed by atoms with Gasteiger partial charge in [0.2, 0.25) is 5.88 Å². The Morgan fingerprint density at radius 2 is 2.03 bits per heavy atom. The molecule has 1 aromatic heterocycles. The maximum atomic E-state index is 13.7. The maximum absolute atomic E-state index is 13.7. The number of nitrogens with zero attached hydrogens (tertiary/aromatic N) is 3. The van der Waals surface area contributed by atoms with Gasteiger partial charge in [0, 0.05) is 17.7 Å². The highest BCUT2D eigenvalue weighted by atomic mass is 35.5. The summed E-state index contributed by atoms with van der Waals surface area (Å²) in [7, 11) is 0. The minimum Gasteiger partial charge on any atom is -0.438 e. The second-order valence-electron chi connectivity index (χ2n) is 7.28. The smallest absolute Gasteiger partial charge is 0.276 e. The predicted molar refractivity (Wildman–Crippen MR) is 101 cm³/mol. The van der Waals surface area contributed by atoms with Crippen molar-refractivity contribution < 1.29 is 18.7 Å². The molecule has 1 fully saturated rings. The van der Waals surface area contributed by atoms with Crippen LogP contribution < -0.4 is 10.1 Å². The Balaban J connectivity index is 1.44. The number of carbonyl (C=O) groups excluding carboxylic acids is 2. The van der Waals surface area contributed by atoms with Crippen molar-refractivity contribution in [2.75, 3.05) is 6.54 Å². The predicted octanol–water partition coefficient (Wildman–Crippen LogP) is 2.75. The average Bonchev–Trinajstić information content (AvgIpc) is 3.51. The quantitative estimate of drug-likeness (QED) is 0.774. The molecule has 0 atom stereocenters. The fourth-order valence-electron chi connectivity index (χ4n) is 3.74. The first kappa shape index (κ1) is 18.1. The monoisotopic (exact) mass is 414 g/mol. The number of hydrogen-bond acceptors (Lipinski definition) is 6. The zero-order valence-electron chi connectivity index (χ0n) is 15.2. The van der Waals surface area contributed by atoms with Crippen LogP contribution in [0.4, 0.5) is 4.39 Å². The largest absolute Gasteiger partial charge is 0.438 e. The lowest BCUT2D eigenvalue weighted by Crippen LogP contribution is -2.35. The van der Waals surface area contributed by atoms with Crippen LogP contribution in [0.3, 0.4) is 0 Å². The second kappa shape index (κ2) is 6.81. The molecule has 9 heteroatoms. The Bertz CT molecular complexity index is 1080. The van der Waals surface area contributed by atoms with Gasteiger partial charge in [-0.3, -0.25) is 14.9 Å². The van der Waals surface area contributed by atoms with Crippen molar-refractivity contribution >= 4 is 23.4 Å². The highest BCUT2D eigenvalue weighted by Crippen LogP contribution is 2.45. The van der Waals surface area contributed by atoms with Crippen LogP contribution in [-0.4, -0.2) is 33.2 Å². The fraction of sp³-hybridized carbons (Fsp3) is 0.300. The minimum atomic E-state index is -0.590. The van der Waals surface area contributed by atoms with E-state index >= 15 is 0 Å². The molecule has 1 N–H and O–H groups in total. The van der Waals surface area contributed by atoms with Gasteiger partial charge in [-0.1, -0.05) is 11.6 Å². The van der Waals surface area contributed by atoms with Crippen molar-refractivity contribution in [2.45, 2.75) is 31.7 Å². The van der Waals surface area contributed by atoms with Crippen LogP contribution in [0, 0.1) is 5.82 Å². The van der Waals surface area contributed by atoms with E-state index in [1.54, 1.807) is 11.0 Å². The first-order chi connectivity index (χ1) is 14.0. The summed E-state index contributed by atoms with van der Waals surface area (Å²) in [5.74, 6) is -0.0307. The highest BCUT2D eigenvalue weighted by Gasteiger charge is 2.35. The van der Waals surface area contributed by atoms with Crippen LogP contribution in [0.15, 0.2) is 35.3 Å². The van der Waals surface area contributed by atoms with E-state index in [1.165, 1.54) is 18.5 Å². The van der Waals surface area contributed by atoms with Crippen molar-refractivity contribution in [3.8, 4) is 11.6 Å². The molecule has 2 aromatic rings. The van der Waals surface area contributed by atoms with E-state index in [0.717, 1.165) is 24.0 Å². The standard InChI is InChI=1S/C20H16ClFN4O3/c21-16-17(19(28)25-18(16)27)26-6-5-12-14(8-26)23-9-24-20(12)29-15-4-3-11(22)7-13(15)10-1-2-10/h3-4,7,9-10H,1-2,5-6,8H2,(H,25,27,28). The molecule has 7 nitrogen and oxygen atoms in total. The summed E-state index contributed by atoms with van der Waals surface area (Å²) in [6, 6.07) is 4.53. The number of nitrogens with one attached hydrogen (secondary N) is 1. The molecule has 0 saturated heterocycles. The number of fused-ring (bicyclic) bond motifs is 1. The number of aromatic nitrogens is 2. The number of carbonyl (C=O) groups is 2. The van der Waals surface area contributed by atoms with Crippen LogP contribution in [0.2, 0.25) is 0 Å². The van der Waals surface area contributed by atoms with Crippen LogP contribution >= 0.6 is 11.6 Å². The second-order valence-corrected chi connectivity index (χ2v) is 7.66. The lowest BCUT2D eigenvalue weighted by Gasteiger charge is -2.30. The summed E-state index contributed by atoms with van der Waals surface area (Å²) in [6.45, 7) is 0.765. The van der Waals surface area contributed by atoms with Crippen molar-refractivity contribution in [3.63, 3.8) is 0 Å². The highest BCUT2D eigenvalue weighted by molar-refractivity contribution is 6.47. The maximum Gasteiger partial charge on any atom is 0.276 e. The molecule has 0 bridgehead atoms. The minimum absolute atomic E-state index is 0.107. The third kappa shape index (κ3) is 3.23. The van der Waals surface area contributed by atoms with Crippen molar-refractivity contribution in [2.24, 2.45) is 0 Å². The summed E-state index contributed by atoms with van der Waals surface area (Å²) in [5, 5.41) is 2.09. The molecule has 29 heavy (non-hydrogen) atoms. The average molecular weight is 415 g/mol. The number of ether oxygens (including phenoxy) is 1. The van der Waals surface area contributed by atoms with Gasteiger partial charge in [0.05, 0.1) is 12.2 Å². The molecule has 1 aliphatic carbocycles. The summed E-state index contributed by atoms with van der Waals surface area (Å²) in [4.78, 5) is 34.0. The molecule has 0 radical (unpaired) electrons. The zero-order chi connectivity index (χ0) is 20.1. The van der Waals surface area contributed by atoms with Crippen LogP contribution in [0.25, 0.3) is 0 Å². The third-order valence-corrected chi connectivity index (χ3v) is 5.68. The number of benzene rings is 1. The Labute approximate surface area is 170 Å². The number of imide groups is 1. The van der Waals surface area contributed by atoms with Crippen molar-refractivity contribution in [1.29, 1.82) is 0 Å². The fourth-order valence-corrected chi connectivity index (χ4v) is 3.99. The number of halogens is 2. The molecule has 1 saturated carbocycles. The SMILES string of the molecule is O=C1NC(=O)C(N2CCc3c(ncnc3Oc3ccc(F)cc3C3CC3)C2)=C1Cl. The van der Waals surface area contributed by atoms with Crippen LogP contribution in [0.1, 0.15) is 35.6 Å².